The maximum Gasteiger partial charge on any atom is 0.182 e. The van der Waals surface area contributed by atoms with Gasteiger partial charge < -0.3 is 4.90 Å². The fourth-order valence-corrected chi connectivity index (χ4v) is 3.57. The van der Waals surface area contributed by atoms with Crippen LogP contribution in [0.2, 0.25) is 5.02 Å². The third kappa shape index (κ3) is 5.33. The number of ketones is 1. The van der Waals surface area contributed by atoms with Crippen LogP contribution in [0.5, 0.6) is 0 Å². The number of aryl methyl sites for hydroxylation is 1. The number of aliphatic imine (C=N–C) groups is 1. The molecule has 3 nitrogen and oxygen atoms in total. The van der Waals surface area contributed by atoms with E-state index in [2.05, 4.69) is 4.99 Å². The molecule has 0 unspecified atom stereocenters. The van der Waals surface area contributed by atoms with Crippen molar-refractivity contribution in [2.45, 2.75) is 13.3 Å². The molecule has 0 saturated heterocycles. The van der Waals surface area contributed by atoms with Crippen LogP contribution in [0.4, 0.5) is 5.69 Å². The van der Waals surface area contributed by atoms with E-state index in [0.29, 0.717) is 5.02 Å². The highest BCUT2D eigenvalue weighted by Gasteiger charge is 2.20. The number of nitrogens with zero attached hydrogens (tertiary/aromatic N) is 2. The number of hydrogen-bond acceptors (Lipinski definition) is 4. The molecule has 132 valence electrons. The van der Waals surface area contributed by atoms with Crippen molar-refractivity contribution in [1.82, 2.24) is 0 Å². The minimum Gasteiger partial charge on any atom is -0.313 e. The average Bonchev–Trinajstić information content (AvgIpc) is 2.62. The summed E-state index contributed by atoms with van der Waals surface area (Å²) in [5.74, 6) is 1.11. The molecule has 0 amide bonds. The molecule has 0 aromatic heterocycles. The van der Waals surface area contributed by atoms with Gasteiger partial charge in [0.15, 0.2) is 11.0 Å². The van der Waals surface area contributed by atoms with E-state index in [1.54, 1.807) is 11.8 Å². The minimum atomic E-state index is 0. The lowest BCUT2D eigenvalue weighted by Gasteiger charge is -2.27. The zero-order valence-corrected chi connectivity index (χ0v) is 17.2. The van der Waals surface area contributed by atoms with Gasteiger partial charge in [0.2, 0.25) is 0 Å². The van der Waals surface area contributed by atoms with Crippen LogP contribution in [-0.4, -0.2) is 29.8 Å². The standard InChI is InChI=1S/C19H19ClN2OS.BrH/c1-14-3-5-15(6-4-14)18(23)13-22(19-21-11-2-12-24-19)17-9-7-16(20)8-10-17;/h3-10H,2,11-13H2,1H3;1H. The van der Waals surface area contributed by atoms with Gasteiger partial charge in [-0.1, -0.05) is 53.2 Å². The van der Waals surface area contributed by atoms with Crippen LogP contribution in [0.1, 0.15) is 22.3 Å². The highest BCUT2D eigenvalue weighted by Crippen LogP contribution is 2.24. The number of hydrogen-bond donors (Lipinski definition) is 0. The number of rotatable bonds is 4. The Morgan fingerprint density at radius 2 is 1.84 bits per heavy atom. The number of benzene rings is 2. The number of halogens is 2. The molecule has 0 spiro atoms. The summed E-state index contributed by atoms with van der Waals surface area (Å²) < 4.78 is 0. The molecular weight excluding hydrogens is 420 g/mol. The Kier molecular flexibility index (Phi) is 7.54. The molecule has 3 rings (SSSR count). The van der Waals surface area contributed by atoms with Crippen molar-refractivity contribution in [3.05, 3.63) is 64.7 Å². The van der Waals surface area contributed by atoms with E-state index in [9.17, 15) is 4.79 Å². The van der Waals surface area contributed by atoms with E-state index >= 15 is 0 Å². The largest absolute Gasteiger partial charge is 0.313 e. The van der Waals surface area contributed by atoms with Gasteiger partial charge in [-0.3, -0.25) is 9.79 Å². The van der Waals surface area contributed by atoms with Crippen molar-refractivity contribution in [3.8, 4) is 0 Å². The fraction of sp³-hybridized carbons (Fsp3) is 0.263. The summed E-state index contributed by atoms with van der Waals surface area (Å²) in [5.41, 5.74) is 2.81. The molecule has 1 heterocycles. The van der Waals surface area contributed by atoms with Crippen molar-refractivity contribution in [2.75, 3.05) is 23.7 Å². The van der Waals surface area contributed by atoms with E-state index in [-0.39, 0.29) is 29.3 Å². The van der Waals surface area contributed by atoms with E-state index in [1.165, 1.54) is 0 Å². The molecule has 0 N–H and O–H groups in total. The molecule has 0 fully saturated rings. The minimum absolute atomic E-state index is 0. The molecule has 0 aliphatic carbocycles. The van der Waals surface area contributed by atoms with Crippen LogP contribution < -0.4 is 4.90 Å². The Hall–Kier alpha value is -1.30. The zero-order chi connectivity index (χ0) is 16.9. The number of amidine groups is 1. The van der Waals surface area contributed by atoms with Gasteiger partial charge in [-0.05, 0) is 37.6 Å². The van der Waals surface area contributed by atoms with Gasteiger partial charge in [0.1, 0.15) is 0 Å². The SMILES string of the molecule is Br.Cc1ccc(C(=O)CN(C2=NCCCS2)c2ccc(Cl)cc2)cc1. The van der Waals surface area contributed by atoms with Crippen molar-refractivity contribution < 1.29 is 4.79 Å². The Morgan fingerprint density at radius 1 is 1.16 bits per heavy atom. The molecule has 0 saturated carbocycles. The lowest BCUT2D eigenvalue weighted by Crippen LogP contribution is -2.35. The normalized spacial score (nSPS) is 13.6. The van der Waals surface area contributed by atoms with Gasteiger partial charge in [0.05, 0.1) is 6.54 Å². The maximum absolute atomic E-state index is 12.7. The smallest absolute Gasteiger partial charge is 0.182 e. The van der Waals surface area contributed by atoms with E-state index in [4.69, 9.17) is 11.6 Å². The number of carbonyl (C=O) groups is 1. The molecule has 1 aliphatic heterocycles. The van der Waals surface area contributed by atoms with Gasteiger partial charge in [-0.25, -0.2) is 0 Å². The summed E-state index contributed by atoms with van der Waals surface area (Å²) in [6.45, 7) is 3.10. The third-order valence-electron chi connectivity index (χ3n) is 3.83. The van der Waals surface area contributed by atoms with Crippen LogP contribution in [0.3, 0.4) is 0 Å². The van der Waals surface area contributed by atoms with Crippen LogP contribution in [0.15, 0.2) is 53.5 Å². The van der Waals surface area contributed by atoms with Crippen molar-refractivity contribution in [3.63, 3.8) is 0 Å². The van der Waals surface area contributed by atoms with Crippen LogP contribution in [0.25, 0.3) is 0 Å². The first-order valence-corrected chi connectivity index (χ1v) is 9.30. The molecule has 6 heteroatoms. The second-order valence-corrected chi connectivity index (χ2v) is 7.22. The Labute approximate surface area is 168 Å². The molecule has 0 radical (unpaired) electrons. The highest BCUT2D eigenvalue weighted by molar-refractivity contribution is 8.93. The summed E-state index contributed by atoms with van der Waals surface area (Å²) in [4.78, 5) is 19.3. The molecule has 0 bridgehead atoms. The van der Waals surface area contributed by atoms with Gasteiger partial charge in [0.25, 0.3) is 0 Å². The fourth-order valence-electron chi connectivity index (χ4n) is 2.48. The second kappa shape index (κ2) is 9.41. The molecule has 2 aromatic rings. The van der Waals surface area contributed by atoms with Crippen LogP contribution in [-0.2, 0) is 0 Å². The third-order valence-corrected chi connectivity index (χ3v) is 5.18. The Balaban J connectivity index is 0.00000225. The quantitative estimate of drug-likeness (QED) is 0.597. The molecule has 2 aromatic carbocycles. The topological polar surface area (TPSA) is 32.7 Å². The summed E-state index contributed by atoms with van der Waals surface area (Å²) in [7, 11) is 0. The monoisotopic (exact) mass is 438 g/mol. The van der Waals surface area contributed by atoms with Gasteiger partial charge in [-0.2, -0.15) is 0 Å². The number of carbonyl (C=O) groups excluding carboxylic acids is 1. The predicted octanol–water partition coefficient (Wildman–Crippen LogP) is 5.41. The molecule has 1 aliphatic rings. The zero-order valence-electron chi connectivity index (χ0n) is 13.9. The lowest BCUT2D eigenvalue weighted by molar-refractivity contribution is 0.100. The van der Waals surface area contributed by atoms with Gasteiger partial charge >= 0.3 is 0 Å². The van der Waals surface area contributed by atoms with Crippen molar-refractivity contribution >= 4 is 57.0 Å². The van der Waals surface area contributed by atoms with E-state index in [0.717, 1.165) is 40.7 Å². The Morgan fingerprint density at radius 3 is 2.44 bits per heavy atom. The summed E-state index contributed by atoms with van der Waals surface area (Å²) in [6.07, 6.45) is 1.08. The maximum atomic E-state index is 12.7. The van der Waals surface area contributed by atoms with Crippen molar-refractivity contribution in [1.29, 1.82) is 0 Å². The lowest BCUT2D eigenvalue weighted by atomic mass is 10.1. The molecular formula is C19H20BrClN2OS. The summed E-state index contributed by atoms with van der Waals surface area (Å²) in [6, 6.07) is 15.2. The number of Topliss-reactive ketones (excluding diaryl/α,β-unsaturated/α-hetero) is 1. The van der Waals surface area contributed by atoms with E-state index < -0.39 is 0 Å². The summed E-state index contributed by atoms with van der Waals surface area (Å²) >= 11 is 7.70. The summed E-state index contributed by atoms with van der Waals surface area (Å²) in [5, 5.41) is 1.59. The van der Waals surface area contributed by atoms with Crippen LogP contribution >= 0.6 is 40.3 Å². The van der Waals surface area contributed by atoms with Gasteiger partial charge in [-0.15, -0.1) is 17.0 Å². The first-order valence-electron chi connectivity index (χ1n) is 7.94. The Bertz CT molecular complexity index is 747. The first-order chi connectivity index (χ1) is 11.6. The number of thioether (sulfide) groups is 1. The van der Waals surface area contributed by atoms with Crippen molar-refractivity contribution in [2.24, 2.45) is 4.99 Å². The molecule has 0 atom stereocenters. The first kappa shape index (κ1) is 20.0. The highest BCUT2D eigenvalue weighted by atomic mass is 79.9. The average molecular weight is 440 g/mol. The predicted molar refractivity (Wildman–Crippen MR) is 114 cm³/mol. The van der Waals surface area contributed by atoms with Gasteiger partial charge in [0, 0.05) is 28.6 Å². The second-order valence-electron chi connectivity index (χ2n) is 5.72. The molecule has 25 heavy (non-hydrogen) atoms. The van der Waals surface area contributed by atoms with E-state index in [1.807, 2.05) is 60.4 Å². The van der Waals surface area contributed by atoms with Crippen LogP contribution in [0, 0.1) is 6.92 Å². The number of anilines is 1.